The van der Waals surface area contributed by atoms with Gasteiger partial charge in [-0.1, -0.05) is 27.7 Å². The minimum absolute atomic E-state index is 0.373. The molecule has 0 bridgehead atoms. The molecule has 0 amide bonds. The van der Waals surface area contributed by atoms with Crippen LogP contribution in [0.15, 0.2) is 0 Å². The first-order valence-electron chi connectivity index (χ1n) is 7.57. The molecule has 1 heteroatoms. The second kappa shape index (κ2) is 4.91. The van der Waals surface area contributed by atoms with Crippen LogP contribution in [0.5, 0.6) is 0 Å². The van der Waals surface area contributed by atoms with E-state index >= 15 is 0 Å². The largest absolute Gasteiger partial charge is 0.396 e. The van der Waals surface area contributed by atoms with Crippen LogP contribution in [0.25, 0.3) is 0 Å². The van der Waals surface area contributed by atoms with Gasteiger partial charge < -0.3 is 5.11 Å². The maximum Gasteiger partial charge on any atom is 0.0459 e. The van der Waals surface area contributed by atoms with Crippen molar-refractivity contribution in [1.29, 1.82) is 0 Å². The number of hydrogen-bond donors (Lipinski definition) is 1. The molecule has 2 rings (SSSR count). The lowest BCUT2D eigenvalue weighted by atomic mass is 9.53. The fraction of sp³-hybridized carbons (Fsp3) is 1.00. The predicted octanol–water partition coefficient (Wildman–Crippen LogP) is 4.10. The summed E-state index contributed by atoms with van der Waals surface area (Å²) >= 11 is 0. The molecular weight excluding hydrogens is 208 g/mol. The van der Waals surface area contributed by atoms with Gasteiger partial charge in [-0.15, -0.1) is 0 Å². The van der Waals surface area contributed by atoms with Gasteiger partial charge in [0.05, 0.1) is 0 Å². The number of aliphatic hydroxyl groups excluding tert-OH is 1. The van der Waals surface area contributed by atoms with Gasteiger partial charge in [0.15, 0.2) is 0 Å². The van der Waals surface area contributed by atoms with Crippen LogP contribution in [0, 0.1) is 35.0 Å². The maximum absolute atomic E-state index is 9.37. The normalized spacial score (nSPS) is 42.9. The average Bonchev–Trinajstić information content (AvgIpc) is 2.33. The molecule has 5 unspecified atom stereocenters. The molecule has 2 aliphatic carbocycles. The van der Waals surface area contributed by atoms with E-state index in [9.17, 15) is 5.11 Å². The zero-order chi connectivity index (χ0) is 12.6. The minimum atomic E-state index is 0.373. The van der Waals surface area contributed by atoms with Gasteiger partial charge in [-0.3, -0.25) is 0 Å². The fourth-order valence-corrected chi connectivity index (χ4v) is 4.39. The summed E-state index contributed by atoms with van der Waals surface area (Å²) in [6.45, 7) is 10.0. The number of fused-ring (bicyclic) bond motifs is 1. The molecule has 1 N–H and O–H groups in total. The van der Waals surface area contributed by atoms with Crippen LogP contribution in [-0.2, 0) is 0 Å². The van der Waals surface area contributed by atoms with Crippen molar-refractivity contribution < 1.29 is 5.11 Å². The maximum atomic E-state index is 9.37. The summed E-state index contributed by atoms with van der Waals surface area (Å²) in [6.07, 6.45) is 7.01. The summed E-state index contributed by atoms with van der Waals surface area (Å²) in [7, 11) is 0. The van der Waals surface area contributed by atoms with Crippen LogP contribution in [0.2, 0.25) is 0 Å². The smallest absolute Gasteiger partial charge is 0.0459 e. The van der Waals surface area contributed by atoms with Crippen LogP contribution in [0.3, 0.4) is 0 Å². The molecule has 1 nitrogen and oxygen atoms in total. The molecule has 0 aromatic rings. The van der Waals surface area contributed by atoms with Gasteiger partial charge in [0, 0.05) is 6.61 Å². The van der Waals surface area contributed by atoms with E-state index in [1.54, 1.807) is 0 Å². The molecule has 2 fully saturated rings. The highest BCUT2D eigenvalue weighted by molar-refractivity contribution is 4.95. The van der Waals surface area contributed by atoms with Gasteiger partial charge in [-0.2, -0.15) is 0 Å². The Labute approximate surface area is 107 Å². The molecule has 2 saturated carbocycles. The van der Waals surface area contributed by atoms with Gasteiger partial charge in [-0.25, -0.2) is 0 Å². The number of aliphatic hydroxyl groups is 1. The molecule has 100 valence electrons. The Morgan fingerprint density at radius 2 is 1.82 bits per heavy atom. The van der Waals surface area contributed by atoms with Gasteiger partial charge >= 0.3 is 0 Å². The van der Waals surface area contributed by atoms with E-state index in [0.29, 0.717) is 17.9 Å². The van der Waals surface area contributed by atoms with Crippen molar-refractivity contribution in [3.63, 3.8) is 0 Å². The van der Waals surface area contributed by atoms with Crippen LogP contribution < -0.4 is 0 Å². The summed E-state index contributed by atoms with van der Waals surface area (Å²) in [5, 5.41) is 9.37. The zero-order valence-electron chi connectivity index (χ0n) is 12.1. The summed E-state index contributed by atoms with van der Waals surface area (Å²) in [6, 6.07) is 0. The molecule has 0 saturated heterocycles. The topological polar surface area (TPSA) is 20.2 Å². The third-order valence-electron chi connectivity index (χ3n) is 6.32. The zero-order valence-corrected chi connectivity index (χ0v) is 12.1. The van der Waals surface area contributed by atoms with Crippen molar-refractivity contribution in [2.24, 2.45) is 35.0 Å². The molecule has 17 heavy (non-hydrogen) atoms. The molecular formula is C16H30O. The first-order valence-corrected chi connectivity index (χ1v) is 7.57. The first-order chi connectivity index (χ1) is 7.96. The second-order valence-electron chi connectivity index (χ2n) is 7.40. The van der Waals surface area contributed by atoms with E-state index in [1.807, 2.05) is 0 Å². The van der Waals surface area contributed by atoms with Crippen LogP contribution in [-0.4, -0.2) is 11.7 Å². The van der Waals surface area contributed by atoms with Crippen molar-refractivity contribution in [1.82, 2.24) is 0 Å². The quantitative estimate of drug-likeness (QED) is 0.768. The molecule has 5 atom stereocenters. The van der Waals surface area contributed by atoms with Crippen LogP contribution in [0.4, 0.5) is 0 Å². The first kappa shape index (κ1) is 13.4. The fourth-order valence-electron chi connectivity index (χ4n) is 4.39. The highest BCUT2D eigenvalue weighted by Crippen LogP contribution is 2.55. The van der Waals surface area contributed by atoms with Crippen LogP contribution in [0.1, 0.15) is 59.8 Å². The standard InChI is InChI=1S/C16H30O/c1-11(10-17)14-8-7-13-6-5-12(2)16(3,4)15(13)9-14/h11-15,17H,5-10H2,1-4H3. The Morgan fingerprint density at radius 1 is 1.18 bits per heavy atom. The van der Waals surface area contributed by atoms with E-state index in [0.717, 1.165) is 23.7 Å². The van der Waals surface area contributed by atoms with E-state index in [1.165, 1.54) is 32.1 Å². The Morgan fingerprint density at radius 3 is 2.47 bits per heavy atom. The molecule has 0 heterocycles. The minimum Gasteiger partial charge on any atom is -0.396 e. The lowest BCUT2D eigenvalue weighted by Gasteiger charge is -2.53. The average molecular weight is 238 g/mol. The molecule has 0 aliphatic heterocycles. The van der Waals surface area contributed by atoms with Crippen molar-refractivity contribution in [3.8, 4) is 0 Å². The molecule has 0 aromatic heterocycles. The second-order valence-corrected chi connectivity index (χ2v) is 7.40. The number of rotatable bonds is 2. The van der Waals surface area contributed by atoms with Crippen molar-refractivity contribution in [3.05, 3.63) is 0 Å². The Kier molecular flexibility index (Phi) is 3.87. The van der Waals surface area contributed by atoms with Crippen molar-refractivity contribution in [2.45, 2.75) is 59.8 Å². The molecule has 2 aliphatic rings. The highest BCUT2D eigenvalue weighted by atomic mass is 16.3. The SMILES string of the molecule is CC(CO)C1CCC2CCC(C)C(C)(C)C2C1. The summed E-state index contributed by atoms with van der Waals surface area (Å²) in [5.74, 6) is 4.02. The third kappa shape index (κ3) is 2.41. The number of hydrogen-bond acceptors (Lipinski definition) is 1. The van der Waals surface area contributed by atoms with Gasteiger partial charge in [0.25, 0.3) is 0 Å². The summed E-state index contributed by atoms with van der Waals surface area (Å²) in [5.41, 5.74) is 0.511. The van der Waals surface area contributed by atoms with Gasteiger partial charge in [-0.05, 0) is 67.1 Å². The lowest BCUT2D eigenvalue weighted by Crippen LogP contribution is -2.44. The van der Waals surface area contributed by atoms with Crippen molar-refractivity contribution >= 4 is 0 Å². The molecule has 0 radical (unpaired) electrons. The van der Waals surface area contributed by atoms with E-state index in [-0.39, 0.29) is 0 Å². The van der Waals surface area contributed by atoms with Crippen molar-refractivity contribution in [2.75, 3.05) is 6.61 Å². The lowest BCUT2D eigenvalue weighted by molar-refractivity contribution is -0.0337. The van der Waals surface area contributed by atoms with E-state index < -0.39 is 0 Å². The van der Waals surface area contributed by atoms with Gasteiger partial charge in [0.1, 0.15) is 0 Å². The van der Waals surface area contributed by atoms with E-state index in [2.05, 4.69) is 27.7 Å². The molecule has 0 aromatic carbocycles. The Balaban J connectivity index is 2.09. The monoisotopic (exact) mass is 238 g/mol. The van der Waals surface area contributed by atoms with E-state index in [4.69, 9.17) is 0 Å². The predicted molar refractivity (Wildman–Crippen MR) is 72.7 cm³/mol. The highest BCUT2D eigenvalue weighted by Gasteiger charge is 2.46. The third-order valence-corrected chi connectivity index (χ3v) is 6.32. The Bertz CT molecular complexity index is 258. The van der Waals surface area contributed by atoms with Crippen LogP contribution >= 0.6 is 0 Å². The molecule has 0 spiro atoms. The summed E-state index contributed by atoms with van der Waals surface area (Å²) < 4.78 is 0. The Hall–Kier alpha value is -0.0400. The summed E-state index contributed by atoms with van der Waals surface area (Å²) in [4.78, 5) is 0. The van der Waals surface area contributed by atoms with Gasteiger partial charge in [0.2, 0.25) is 0 Å².